The largest absolute Gasteiger partial charge is 0.397 e. The van der Waals surface area contributed by atoms with Crippen LogP contribution in [0.2, 0.25) is 0 Å². The number of hydrogen-bond acceptors (Lipinski definition) is 3. The van der Waals surface area contributed by atoms with E-state index in [9.17, 15) is 0 Å². The maximum atomic E-state index is 5.77. The van der Waals surface area contributed by atoms with Crippen molar-refractivity contribution in [1.29, 1.82) is 0 Å². The first-order chi connectivity index (χ1) is 7.79. The predicted octanol–water partition coefficient (Wildman–Crippen LogP) is 1.80. The number of nitrogens with zero attached hydrogens (tertiary/aromatic N) is 2. The Morgan fingerprint density at radius 1 is 1.44 bits per heavy atom. The fourth-order valence-electron chi connectivity index (χ4n) is 2.32. The van der Waals surface area contributed by atoms with Gasteiger partial charge in [-0.25, -0.2) is 4.98 Å². The highest BCUT2D eigenvalue weighted by Crippen LogP contribution is 2.35. The maximum Gasteiger partial charge on any atom is 0.140 e. The van der Waals surface area contributed by atoms with E-state index in [1.54, 1.807) is 6.20 Å². The average Bonchev–Trinajstić information content (AvgIpc) is 2.54. The highest BCUT2D eigenvalue weighted by Gasteiger charge is 2.22. The van der Waals surface area contributed by atoms with E-state index in [4.69, 9.17) is 11.5 Å². The van der Waals surface area contributed by atoms with E-state index < -0.39 is 0 Å². The van der Waals surface area contributed by atoms with Gasteiger partial charge in [-0.3, -0.25) is 0 Å². The van der Waals surface area contributed by atoms with Crippen LogP contribution < -0.4 is 11.5 Å². The fourth-order valence-corrected chi connectivity index (χ4v) is 2.32. The van der Waals surface area contributed by atoms with E-state index in [0.29, 0.717) is 18.3 Å². The molecular weight excluding hydrogens is 200 g/mol. The number of hydrogen-bond donors (Lipinski definition) is 2. The summed E-state index contributed by atoms with van der Waals surface area (Å²) in [6.07, 6.45) is 7.68. The van der Waals surface area contributed by atoms with Crippen molar-refractivity contribution in [3.8, 4) is 0 Å². The van der Waals surface area contributed by atoms with Gasteiger partial charge in [0.25, 0.3) is 0 Å². The van der Waals surface area contributed by atoms with Crippen molar-refractivity contribution in [3.63, 3.8) is 0 Å². The Balaban J connectivity index is 2.21. The second-order valence-corrected chi connectivity index (χ2v) is 4.49. The zero-order valence-corrected chi connectivity index (χ0v) is 9.19. The summed E-state index contributed by atoms with van der Waals surface area (Å²) in [6, 6.07) is 2.58. The van der Waals surface area contributed by atoms with Crippen LogP contribution >= 0.6 is 0 Å². The van der Waals surface area contributed by atoms with E-state index in [0.717, 1.165) is 16.6 Å². The highest BCUT2D eigenvalue weighted by atomic mass is 15.1. The first-order valence-electron chi connectivity index (χ1n) is 5.74. The summed E-state index contributed by atoms with van der Waals surface area (Å²) >= 11 is 0. The maximum absolute atomic E-state index is 5.77. The summed E-state index contributed by atoms with van der Waals surface area (Å²) in [5, 5.41) is 1.11. The topological polar surface area (TPSA) is 69.9 Å². The lowest BCUT2D eigenvalue weighted by Gasteiger charge is -2.27. The minimum atomic E-state index is 0.543. The number of fused-ring (bicyclic) bond motifs is 1. The molecule has 1 aliphatic carbocycles. The molecule has 0 bridgehead atoms. The molecule has 0 spiro atoms. The van der Waals surface area contributed by atoms with E-state index >= 15 is 0 Å². The number of nitrogen functional groups attached to an aromatic ring is 1. The minimum absolute atomic E-state index is 0.543. The lowest BCUT2D eigenvalue weighted by atomic mass is 9.93. The van der Waals surface area contributed by atoms with Crippen LogP contribution in [-0.2, 0) is 6.54 Å². The third kappa shape index (κ3) is 1.30. The molecule has 2 aromatic rings. The van der Waals surface area contributed by atoms with Crippen LogP contribution in [0, 0.1) is 0 Å². The van der Waals surface area contributed by atoms with E-state index in [1.807, 2.05) is 6.07 Å². The van der Waals surface area contributed by atoms with Gasteiger partial charge in [-0.15, -0.1) is 0 Å². The number of pyridine rings is 1. The van der Waals surface area contributed by atoms with Crippen LogP contribution in [0.1, 0.15) is 30.9 Å². The number of nitrogens with two attached hydrogens (primary N) is 2. The molecule has 0 radical (unpaired) electrons. The molecule has 3 rings (SSSR count). The summed E-state index contributed by atoms with van der Waals surface area (Å²) in [4.78, 5) is 4.43. The van der Waals surface area contributed by atoms with Gasteiger partial charge < -0.3 is 16.0 Å². The molecule has 1 aliphatic rings. The lowest BCUT2D eigenvalue weighted by Crippen LogP contribution is -2.16. The second-order valence-electron chi connectivity index (χ2n) is 4.49. The predicted molar refractivity (Wildman–Crippen MR) is 64.9 cm³/mol. The van der Waals surface area contributed by atoms with Gasteiger partial charge in [0.15, 0.2) is 0 Å². The molecule has 4 heteroatoms. The van der Waals surface area contributed by atoms with Crippen LogP contribution in [-0.4, -0.2) is 9.55 Å². The smallest absolute Gasteiger partial charge is 0.140 e. The van der Waals surface area contributed by atoms with Gasteiger partial charge in [-0.1, -0.05) is 0 Å². The van der Waals surface area contributed by atoms with Crippen LogP contribution in [0.15, 0.2) is 18.5 Å². The summed E-state index contributed by atoms with van der Waals surface area (Å²) in [6.45, 7) is 0.543. The molecule has 84 valence electrons. The quantitative estimate of drug-likeness (QED) is 0.804. The third-order valence-electron chi connectivity index (χ3n) is 3.46. The molecule has 0 amide bonds. The molecule has 0 aromatic carbocycles. The average molecular weight is 216 g/mol. The molecule has 0 atom stereocenters. The zero-order chi connectivity index (χ0) is 11.1. The Bertz CT molecular complexity index is 525. The van der Waals surface area contributed by atoms with Gasteiger partial charge >= 0.3 is 0 Å². The number of aromatic nitrogens is 2. The Labute approximate surface area is 94.3 Å². The molecule has 1 fully saturated rings. The molecule has 16 heavy (non-hydrogen) atoms. The SMILES string of the molecule is NCc1cn(C2CCC2)c2ncc(N)cc12. The minimum Gasteiger partial charge on any atom is -0.397 e. The van der Waals surface area contributed by atoms with Crippen molar-refractivity contribution in [3.05, 3.63) is 24.0 Å². The molecular formula is C12H16N4. The normalized spacial score (nSPS) is 16.6. The second kappa shape index (κ2) is 3.49. The van der Waals surface area contributed by atoms with Crippen LogP contribution in [0.5, 0.6) is 0 Å². The van der Waals surface area contributed by atoms with Crippen molar-refractivity contribution in [2.24, 2.45) is 5.73 Å². The summed E-state index contributed by atoms with van der Waals surface area (Å²) in [5.74, 6) is 0. The standard InChI is InChI=1S/C12H16N4/c13-5-8-7-16(10-2-1-3-10)12-11(8)4-9(14)6-15-12/h4,6-7,10H,1-3,5,13-14H2. The molecule has 0 unspecified atom stereocenters. The van der Waals surface area contributed by atoms with Gasteiger partial charge in [0.2, 0.25) is 0 Å². The fraction of sp³-hybridized carbons (Fsp3) is 0.417. The Kier molecular flexibility index (Phi) is 2.11. The molecule has 2 heterocycles. The first kappa shape index (κ1) is 9.66. The van der Waals surface area contributed by atoms with Gasteiger partial charge in [0, 0.05) is 24.2 Å². The lowest BCUT2D eigenvalue weighted by molar-refractivity contribution is 0.320. The molecule has 4 nitrogen and oxygen atoms in total. The number of rotatable bonds is 2. The van der Waals surface area contributed by atoms with E-state index in [-0.39, 0.29) is 0 Å². The first-order valence-corrected chi connectivity index (χ1v) is 5.74. The molecule has 0 aliphatic heterocycles. The molecule has 1 saturated carbocycles. The molecule has 2 aromatic heterocycles. The van der Waals surface area contributed by atoms with Crippen molar-refractivity contribution >= 4 is 16.7 Å². The van der Waals surface area contributed by atoms with Gasteiger partial charge in [0.1, 0.15) is 5.65 Å². The monoisotopic (exact) mass is 216 g/mol. The van der Waals surface area contributed by atoms with Crippen molar-refractivity contribution in [2.45, 2.75) is 31.8 Å². The van der Waals surface area contributed by atoms with Crippen molar-refractivity contribution in [2.75, 3.05) is 5.73 Å². The summed E-state index contributed by atoms with van der Waals surface area (Å²) in [5.41, 5.74) is 14.4. The Hall–Kier alpha value is -1.55. The van der Waals surface area contributed by atoms with Crippen LogP contribution in [0.25, 0.3) is 11.0 Å². The Morgan fingerprint density at radius 2 is 2.25 bits per heavy atom. The van der Waals surface area contributed by atoms with Crippen molar-refractivity contribution in [1.82, 2.24) is 9.55 Å². The zero-order valence-electron chi connectivity index (χ0n) is 9.19. The van der Waals surface area contributed by atoms with Crippen LogP contribution in [0.4, 0.5) is 5.69 Å². The molecule has 0 saturated heterocycles. The summed E-state index contributed by atoms with van der Waals surface area (Å²) in [7, 11) is 0. The van der Waals surface area contributed by atoms with E-state index in [1.165, 1.54) is 19.3 Å². The van der Waals surface area contributed by atoms with Crippen molar-refractivity contribution < 1.29 is 0 Å². The van der Waals surface area contributed by atoms with E-state index in [2.05, 4.69) is 15.7 Å². The van der Waals surface area contributed by atoms with Crippen LogP contribution in [0.3, 0.4) is 0 Å². The highest BCUT2D eigenvalue weighted by molar-refractivity contribution is 5.83. The van der Waals surface area contributed by atoms with Gasteiger partial charge in [-0.05, 0) is 30.9 Å². The molecule has 4 N–H and O–H groups in total. The summed E-state index contributed by atoms with van der Waals surface area (Å²) < 4.78 is 2.26. The Morgan fingerprint density at radius 3 is 2.88 bits per heavy atom. The number of anilines is 1. The van der Waals surface area contributed by atoms with Gasteiger partial charge in [-0.2, -0.15) is 0 Å². The third-order valence-corrected chi connectivity index (χ3v) is 3.46. The van der Waals surface area contributed by atoms with Gasteiger partial charge in [0.05, 0.1) is 11.9 Å².